The summed E-state index contributed by atoms with van der Waals surface area (Å²) in [5.41, 5.74) is 0.849. The molecule has 1 aromatic carbocycles. The Kier molecular flexibility index (Phi) is 6.91. The molecule has 0 radical (unpaired) electrons. The van der Waals surface area contributed by atoms with Crippen molar-refractivity contribution in [1.29, 1.82) is 0 Å². The first-order chi connectivity index (χ1) is 8.77. The summed E-state index contributed by atoms with van der Waals surface area (Å²) in [6.45, 7) is 6.35. The molecule has 0 amide bonds. The number of aromatic hydroxyl groups is 1. The van der Waals surface area contributed by atoms with Gasteiger partial charge in [0.25, 0.3) is 0 Å². The summed E-state index contributed by atoms with van der Waals surface area (Å²) < 4.78 is 10.4. The van der Waals surface area contributed by atoms with Gasteiger partial charge in [-0.2, -0.15) is 0 Å². The van der Waals surface area contributed by atoms with Crippen molar-refractivity contribution in [3.63, 3.8) is 0 Å². The first kappa shape index (κ1) is 14.5. The van der Waals surface area contributed by atoms with E-state index in [1.807, 2.05) is 18.2 Å². The van der Waals surface area contributed by atoms with Crippen LogP contribution in [0.3, 0.4) is 0 Å². The van der Waals surface area contributed by atoms with Crippen LogP contribution >= 0.6 is 0 Å². The molecule has 0 unspecified atom stereocenters. The second-order valence-corrected chi connectivity index (χ2v) is 3.86. The lowest BCUT2D eigenvalue weighted by Gasteiger charge is -2.08. The normalized spacial score (nSPS) is 10.3. The maximum absolute atomic E-state index is 9.73. The smallest absolute Gasteiger partial charge is 0.123 e. The highest BCUT2D eigenvalue weighted by Gasteiger charge is 2.02. The number of nitrogens with one attached hydrogen (secondary N) is 1. The first-order valence-corrected chi connectivity index (χ1v) is 6.03. The predicted molar refractivity (Wildman–Crippen MR) is 72.0 cm³/mol. The van der Waals surface area contributed by atoms with Crippen molar-refractivity contribution in [2.45, 2.75) is 13.0 Å². The number of hydrogen-bond acceptors (Lipinski definition) is 4. The van der Waals surface area contributed by atoms with Gasteiger partial charge in [0.05, 0.1) is 20.3 Å². The van der Waals surface area contributed by atoms with Gasteiger partial charge in [-0.15, -0.1) is 6.58 Å². The number of phenolic OH excluding ortho intramolecular Hbond substituents is 1. The Bertz CT molecular complexity index is 366. The lowest BCUT2D eigenvalue weighted by atomic mass is 10.2. The lowest BCUT2D eigenvalue weighted by molar-refractivity contribution is 0.140. The molecule has 0 atom stereocenters. The van der Waals surface area contributed by atoms with E-state index in [-0.39, 0.29) is 5.75 Å². The van der Waals surface area contributed by atoms with E-state index in [9.17, 15) is 5.11 Å². The molecular formula is C14H21NO3. The largest absolute Gasteiger partial charge is 0.507 e. The van der Waals surface area contributed by atoms with Gasteiger partial charge in [-0.1, -0.05) is 12.1 Å². The van der Waals surface area contributed by atoms with Crippen LogP contribution in [-0.4, -0.2) is 32.0 Å². The summed E-state index contributed by atoms with van der Waals surface area (Å²) in [6, 6.07) is 5.29. The average Bonchev–Trinajstić information content (AvgIpc) is 2.39. The maximum Gasteiger partial charge on any atom is 0.123 e. The molecule has 0 heterocycles. The topological polar surface area (TPSA) is 50.7 Å². The van der Waals surface area contributed by atoms with E-state index in [4.69, 9.17) is 9.47 Å². The second kappa shape index (κ2) is 8.55. The molecule has 2 N–H and O–H groups in total. The summed E-state index contributed by atoms with van der Waals surface area (Å²) in [7, 11) is 1.58. The molecule has 18 heavy (non-hydrogen) atoms. The lowest BCUT2D eigenvalue weighted by Crippen LogP contribution is -2.19. The fraction of sp³-hybridized carbons (Fsp3) is 0.429. The van der Waals surface area contributed by atoms with E-state index in [2.05, 4.69) is 11.9 Å². The molecule has 0 spiro atoms. The molecule has 0 saturated carbocycles. The van der Waals surface area contributed by atoms with Crippen molar-refractivity contribution < 1.29 is 14.6 Å². The zero-order valence-electron chi connectivity index (χ0n) is 10.8. The zero-order valence-corrected chi connectivity index (χ0v) is 10.8. The molecule has 1 rings (SSSR count). The SMILES string of the molecule is C=CCCOCCNCc1ccc(OC)cc1O. The van der Waals surface area contributed by atoms with Crippen LogP contribution < -0.4 is 10.1 Å². The average molecular weight is 251 g/mol. The molecular weight excluding hydrogens is 230 g/mol. The van der Waals surface area contributed by atoms with Gasteiger partial charge in [0.1, 0.15) is 11.5 Å². The number of benzene rings is 1. The van der Waals surface area contributed by atoms with Crippen LogP contribution in [0.1, 0.15) is 12.0 Å². The molecule has 0 bridgehead atoms. The van der Waals surface area contributed by atoms with Crippen molar-refractivity contribution in [2.24, 2.45) is 0 Å². The predicted octanol–water partition coefficient (Wildman–Crippen LogP) is 2.08. The van der Waals surface area contributed by atoms with Crippen molar-refractivity contribution in [3.05, 3.63) is 36.4 Å². The quantitative estimate of drug-likeness (QED) is 0.521. The molecule has 0 fully saturated rings. The number of rotatable bonds is 9. The third-order valence-electron chi connectivity index (χ3n) is 2.50. The van der Waals surface area contributed by atoms with Gasteiger partial charge in [-0.25, -0.2) is 0 Å². The molecule has 0 aliphatic heterocycles. The fourth-order valence-corrected chi connectivity index (χ4v) is 1.46. The molecule has 100 valence electrons. The van der Waals surface area contributed by atoms with Crippen molar-refractivity contribution in [1.82, 2.24) is 5.32 Å². The maximum atomic E-state index is 9.73. The van der Waals surface area contributed by atoms with Gasteiger partial charge < -0.3 is 19.9 Å². The second-order valence-electron chi connectivity index (χ2n) is 3.86. The monoisotopic (exact) mass is 251 g/mol. The minimum absolute atomic E-state index is 0.245. The minimum Gasteiger partial charge on any atom is -0.507 e. The molecule has 4 nitrogen and oxygen atoms in total. The Morgan fingerprint density at radius 1 is 1.39 bits per heavy atom. The summed E-state index contributed by atoms with van der Waals surface area (Å²) in [5, 5.41) is 12.9. The Morgan fingerprint density at radius 2 is 2.22 bits per heavy atom. The molecule has 0 aliphatic rings. The van der Waals surface area contributed by atoms with Gasteiger partial charge >= 0.3 is 0 Å². The van der Waals surface area contributed by atoms with E-state index < -0.39 is 0 Å². The third-order valence-corrected chi connectivity index (χ3v) is 2.50. The van der Waals surface area contributed by atoms with Gasteiger partial charge in [0, 0.05) is 24.7 Å². The standard InChI is InChI=1S/C14H21NO3/c1-3-4-8-18-9-7-15-11-12-5-6-13(17-2)10-14(12)16/h3,5-6,10,15-16H,1,4,7-9,11H2,2H3. The van der Waals surface area contributed by atoms with Crippen LogP contribution in [0, 0.1) is 0 Å². The van der Waals surface area contributed by atoms with E-state index in [0.29, 0.717) is 25.5 Å². The van der Waals surface area contributed by atoms with Gasteiger partial charge in [-0.3, -0.25) is 0 Å². The van der Waals surface area contributed by atoms with Crippen LogP contribution in [0.5, 0.6) is 11.5 Å². The molecule has 0 saturated heterocycles. The van der Waals surface area contributed by atoms with Crippen molar-refractivity contribution >= 4 is 0 Å². The Morgan fingerprint density at radius 3 is 2.89 bits per heavy atom. The van der Waals surface area contributed by atoms with E-state index in [1.165, 1.54) is 0 Å². The first-order valence-electron chi connectivity index (χ1n) is 6.03. The van der Waals surface area contributed by atoms with Gasteiger partial charge in [0.15, 0.2) is 0 Å². The van der Waals surface area contributed by atoms with Crippen molar-refractivity contribution in [3.8, 4) is 11.5 Å². The van der Waals surface area contributed by atoms with Gasteiger partial charge in [0.2, 0.25) is 0 Å². The highest BCUT2D eigenvalue weighted by Crippen LogP contribution is 2.22. The highest BCUT2D eigenvalue weighted by atomic mass is 16.5. The summed E-state index contributed by atoms with van der Waals surface area (Å²) in [4.78, 5) is 0. The zero-order chi connectivity index (χ0) is 13.2. The Balaban J connectivity index is 2.21. The number of hydrogen-bond donors (Lipinski definition) is 2. The molecule has 0 aliphatic carbocycles. The summed E-state index contributed by atoms with van der Waals surface area (Å²) in [5.74, 6) is 0.901. The van der Waals surface area contributed by atoms with Crippen LogP contribution in [0.25, 0.3) is 0 Å². The van der Waals surface area contributed by atoms with E-state index >= 15 is 0 Å². The van der Waals surface area contributed by atoms with Crippen LogP contribution in [0.15, 0.2) is 30.9 Å². The molecule has 0 aromatic heterocycles. The molecule has 1 aromatic rings. The number of methoxy groups -OCH3 is 1. The molecule has 4 heteroatoms. The van der Waals surface area contributed by atoms with Crippen molar-refractivity contribution in [2.75, 3.05) is 26.9 Å². The highest BCUT2D eigenvalue weighted by molar-refractivity contribution is 5.39. The number of phenols is 1. The minimum atomic E-state index is 0.245. The van der Waals surface area contributed by atoms with E-state index in [0.717, 1.165) is 18.5 Å². The van der Waals surface area contributed by atoms with E-state index in [1.54, 1.807) is 13.2 Å². The van der Waals surface area contributed by atoms with Crippen LogP contribution in [0.2, 0.25) is 0 Å². The third kappa shape index (κ3) is 5.21. The Labute approximate surface area is 108 Å². The number of ether oxygens (including phenoxy) is 2. The van der Waals surface area contributed by atoms with Crippen LogP contribution in [0.4, 0.5) is 0 Å². The summed E-state index contributed by atoms with van der Waals surface area (Å²) >= 11 is 0. The Hall–Kier alpha value is -1.52. The fourth-order valence-electron chi connectivity index (χ4n) is 1.46. The summed E-state index contributed by atoms with van der Waals surface area (Å²) in [6.07, 6.45) is 2.71. The van der Waals surface area contributed by atoms with Gasteiger partial charge in [-0.05, 0) is 12.5 Å². The van der Waals surface area contributed by atoms with Crippen LogP contribution in [-0.2, 0) is 11.3 Å².